The summed E-state index contributed by atoms with van der Waals surface area (Å²) in [7, 11) is 0. The van der Waals surface area contributed by atoms with Gasteiger partial charge in [-0.05, 0) is 30.2 Å². The molecule has 5 N–H and O–H groups in total. The molecule has 1 aromatic heterocycles. The third-order valence-corrected chi connectivity index (χ3v) is 4.87. The van der Waals surface area contributed by atoms with E-state index in [0.717, 1.165) is 25.1 Å². The first-order valence-electron chi connectivity index (χ1n) is 9.96. The summed E-state index contributed by atoms with van der Waals surface area (Å²) in [6.45, 7) is 2.04. The highest BCUT2D eigenvalue weighted by molar-refractivity contribution is 5.97. The van der Waals surface area contributed by atoms with Crippen molar-refractivity contribution >= 4 is 35.1 Å². The van der Waals surface area contributed by atoms with Crippen molar-refractivity contribution in [1.29, 1.82) is 0 Å². The predicted molar refractivity (Wildman–Crippen MR) is 119 cm³/mol. The van der Waals surface area contributed by atoms with Crippen molar-refractivity contribution in [2.24, 2.45) is 5.73 Å². The van der Waals surface area contributed by atoms with Crippen LogP contribution >= 0.6 is 0 Å². The lowest BCUT2D eigenvalue weighted by Gasteiger charge is -2.30. The number of carbonyl (C=O) groups is 2. The van der Waals surface area contributed by atoms with Crippen molar-refractivity contribution in [2.75, 3.05) is 29.0 Å². The number of benzene rings is 2. The second kappa shape index (κ2) is 9.12. The summed E-state index contributed by atoms with van der Waals surface area (Å²) in [6.07, 6.45) is 2.43. The molecule has 3 amide bonds. The van der Waals surface area contributed by atoms with Gasteiger partial charge in [-0.3, -0.25) is 4.79 Å². The summed E-state index contributed by atoms with van der Waals surface area (Å²) in [5.74, 6) is 0.0284. The zero-order valence-corrected chi connectivity index (χ0v) is 16.8. The number of hydrogen-bond donors (Lipinski definition) is 4. The number of carbonyl (C=O) groups excluding carboxylic acids is 2. The Bertz CT molecular complexity index is 1080. The van der Waals surface area contributed by atoms with Gasteiger partial charge in [-0.15, -0.1) is 0 Å². The van der Waals surface area contributed by atoms with E-state index in [2.05, 4.69) is 25.9 Å². The van der Waals surface area contributed by atoms with Crippen LogP contribution in [0.15, 0.2) is 60.8 Å². The van der Waals surface area contributed by atoms with Gasteiger partial charge in [0.15, 0.2) is 0 Å². The summed E-state index contributed by atoms with van der Waals surface area (Å²) in [5.41, 5.74) is 8.08. The molecule has 3 aromatic rings. The van der Waals surface area contributed by atoms with E-state index in [4.69, 9.17) is 5.73 Å². The Morgan fingerprint density at radius 3 is 2.52 bits per heavy atom. The van der Waals surface area contributed by atoms with Gasteiger partial charge in [0.1, 0.15) is 5.82 Å². The minimum atomic E-state index is -0.613. The fraction of sp³-hybridized carbons (Fsp3) is 0.182. The summed E-state index contributed by atoms with van der Waals surface area (Å²) >= 11 is 0. The first-order valence-corrected chi connectivity index (χ1v) is 9.96. The van der Waals surface area contributed by atoms with Crippen LogP contribution in [0.3, 0.4) is 0 Å². The van der Waals surface area contributed by atoms with Gasteiger partial charge in [-0.25, -0.2) is 9.78 Å². The molecule has 1 saturated heterocycles. The molecule has 9 heteroatoms. The van der Waals surface area contributed by atoms with Crippen molar-refractivity contribution < 1.29 is 9.59 Å². The summed E-state index contributed by atoms with van der Waals surface area (Å²) in [5, 5.41) is 9.12. The van der Waals surface area contributed by atoms with Crippen LogP contribution in [0, 0.1) is 0 Å². The van der Waals surface area contributed by atoms with Crippen molar-refractivity contribution in [2.45, 2.75) is 13.0 Å². The molecular formula is C22H23N7O2. The molecule has 0 aliphatic carbocycles. The number of likely N-dealkylation sites (tertiary alicyclic amines) is 1. The first-order chi connectivity index (χ1) is 15.1. The number of aromatic nitrogens is 2. The lowest BCUT2D eigenvalue weighted by atomic mass is 10.2. The second-order valence-electron chi connectivity index (χ2n) is 7.14. The highest BCUT2D eigenvalue weighted by Crippen LogP contribution is 2.21. The third kappa shape index (κ3) is 5.08. The fourth-order valence-electron chi connectivity index (χ4n) is 3.06. The molecule has 1 aliphatic rings. The summed E-state index contributed by atoms with van der Waals surface area (Å²) < 4.78 is 0. The van der Waals surface area contributed by atoms with Gasteiger partial charge in [-0.1, -0.05) is 36.4 Å². The number of rotatable bonds is 7. The van der Waals surface area contributed by atoms with Crippen molar-refractivity contribution in [3.05, 3.63) is 71.9 Å². The second-order valence-corrected chi connectivity index (χ2v) is 7.14. The van der Waals surface area contributed by atoms with E-state index in [-0.39, 0.29) is 11.6 Å². The van der Waals surface area contributed by atoms with Crippen molar-refractivity contribution in [3.8, 4) is 0 Å². The minimum Gasteiger partial charge on any atom is -0.365 e. The average molecular weight is 417 g/mol. The van der Waals surface area contributed by atoms with Crippen molar-refractivity contribution in [1.82, 2.24) is 14.9 Å². The van der Waals surface area contributed by atoms with E-state index in [9.17, 15) is 9.59 Å². The normalized spacial score (nSPS) is 12.6. The van der Waals surface area contributed by atoms with Crippen LogP contribution in [0.5, 0.6) is 0 Å². The number of primary amides is 1. The van der Waals surface area contributed by atoms with Gasteiger partial charge in [0.05, 0.1) is 5.56 Å². The van der Waals surface area contributed by atoms with Crippen LogP contribution in [0.1, 0.15) is 22.3 Å². The lowest BCUT2D eigenvalue weighted by molar-refractivity contribution is 0.100. The Labute approximate surface area is 179 Å². The minimum absolute atomic E-state index is 0.113. The lowest BCUT2D eigenvalue weighted by Crippen LogP contribution is -2.44. The molecule has 1 fully saturated rings. The van der Waals surface area contributed by atoms with Gasteiger partial charge < -0.3 is 26.6 Å². The number of nitrogens with one attached hydrogen (secondary N) is 3. The molecule has 31 heavy (non-hydrogen) atoms. The van der Waals surface area contributed by atoms with Crippen LogP contribution in [0.2, 0.25) is 0 Å². The Kier molecular flexibility index (Phi) is 5.93. The number of hydrogen-bond acceptors (Lipinski definition) is 6. The van der Waals surface area contributed by atoms with Crippen molar-refractivity contribution in [3.63, 3.8) is 0 Å². The average Bonchev–Trinajstić information content (AvgIpc) is 2.72. The SMILES string of the molecule is NC(=O)c1cnc(Nc2cccc(NC(=O)N3CCC3)c2)nc1NCc1ccccc1. The molecule has 1 aliphatic heterocycles. The summed E-state index contributed by atoms with van der Waals surface area (Å²) in [6, 6.07) is 16.9. The van der Waals surface area contributed by atoms with Gasteiger partial charge in [-0.2, -0.15) is 4.98 Å². The molecule has 158 valence electrons. The molecule has 9 nitrogen and oxygen atoms in total. The molecular weight excluding hydrogens is 394 g/mol. The van der Waals surface area contributed by atoms with Gasteiger partial charge in [0, 0.05) is 37.2 Å². The molecule has 0 radical (unpaired) electrons. The number of anilines is 4. The van der Waals surface area contributed by atoms with E-state index in [1.165, 1.54) is 6.20 Å². The third-order valence-electron chi connectivity index (χ3n) is 4.87. The number of nitrogens with two attached hydrogens (primary N) is 1. The van der Waals surface area contributed by atoms with E-state index in [1.54, 1.807) is 11.0 Å². The standard InChI is InChI=1S/C22H23N7O2/c23-19(30)18-14-25-21(28-20(18)24-13-15-6-2-1-3-7-15)26-16-8-4-9-17(12-16)27-22(31)29-10-5-11-29/h1-4,6-9,12,14H,5,10-11,13H2,(H2,23,30)(H,27,31)(H2,24,25,26,28). The Balaban J connectivity index is 1.48. The van der Waals surface area contributed by atoms with E-state index < -0.39 is 5.91 Å². The molecule has 0 atom stereocenters. The highest BCUT2D eigenvalue weighted by atomic mass is 16.2. The highest BCUT2D eigenvalue weighted by Gasteiger charge is 2.20. The quantitative estimate of drug-likeness (QED) is 0.468. The topological polar surface area (TPSA) is 125 Å². The van der Waals surface area contributed by atoms with Gasteiger partial charge in [0.2, 0.25) is 5.95 Å². The molecule has 0 bridgehead atoms. The number of urea groups is 1. The van der Waals surface area contributed by atoms with Crippen LogP contribution in [0.25, 0.3) is 0 Å². The van der Waals surface area contributed by atoms with Crippen LogP contribution in [0.4, 0.5) is 27.9 Å². The van der Waals surface area contributed by atoms with Crippen LogP contribution in [-0.2, 0) is 6.54 Å². The summed E-state index contributed by atoms with van der Waals surface area (Å²) in [4.78, 5) is 34.2. The van der Waals surface area contributed by atoms with Gasteiger partial charge >= 0.3 is 6.03 Å². The number of amides is 3. The van der Waals surface area contributed by atoms with E-state index >= 15 is 0 Å². The maximum Gasteiger partial charge on any atom is 0.321 e. The van der Waals surface area contributed by atoms with E-state index in [1.807, 2.05) is 48.5 Å². The Hall–Kier alpha value is -4.14. The predicted octanol–water partition coefficient (Wildman–Crippen LogP) is 3.17. The molecule has 4 rings (SSSR count). The Morgan fingerprint density at radius 2 is 1.81 bits per heavy atom. The van der Waals surface area contributed by atoms with Crippen LogP contribution < -0.4 is 21.7 Å². The first kappa shape index (κ1) is 20.1. The zero-order chi connectivity index (χ0) is 21.6. The van der Waals surface area contributed by atoms with Gasteiger partial charge in [0.25, 0.3) is 5.91 Å². The number of nitrogens with zero attached hydrogens (tertiary/aromatic N) is 3. The molecule has 0 spiro atoms. The molecule has 2 heterocycles. The molecule has 0 saturated carbocycles. The maximum atomic E-state index is 12.1. The largest absolute Gasteiger partial charge is 0.365 e. The van der Waals surface area contributed by atoms with E-state index in [0.29, 0.717) is 29.7 Å². The molecule has 2 aromatic carbocycles. The molecule has 0 unspecified atom stereocenters. The van der Waals surface area contributed by atoms with Crippen LogP contribution in [-0.4, -0.2) is 39.9 Å². The smallest absolute Gasteiger partial charge is 0.321 e. The Morgan fingerprint density at radius 1 is 1.03 bits per heavy atom. The zero-order valence-electron chi connectivity index (χ0n) is 16.8. The fourth-order valence-corrected chi connectivity index (χ4v) is 3.06. The monoisotopic (exact) mass is 417 g/mol. The maximum absolute atomic E-state index is 12.1.